The molecule has 0 bridgehead atoms. The van der Waals surface area contributed by atoms with Gasteiger partial charge in [0.15, 0.2) is 0 Å². The van der Waals surface area contributed by atoms with Crippen LogP contribution < -0.4 is 4.72 Å². The molecule has 0 atom stereocenters. The Kier molecular flexibility index (Phi) is 3.93. The number of nitrogens with one attached hydrogen (secondary N) is 1. The second-order valence-electron chi connectivity index (χ2n) is 5.35. The fourth-order valence-electron chi connectivity index (χ4n) is 1.04. The van der Waals surface area contributed by atoms with Crippen molar-refractivity contribution in [1.82, 2.24) is 4.72 Å². The predicted octanol–water partition coefficient (Wildman–Crippen LogP) is 0.815. The molecule has 0 amide bonds. The van der Waals surface area contributed by atoms with Gasteiger partial charge in [-0.2, -0.15) is 4.72 Å². The van der Waals surface area contributed by atoms with Crippen molar-refractivity contribution in [2.45, 2.75) is 40.2 Å². The van der Waals surface area contributed by atoms with E-state index in [0.717, 1.165) is 0 Å². The van der Waals surface area contributed by atoms with E-state index in [4.69, 9.17) is 5.11 Å². The minimum Gasteiger partial charge on any atom is -0.480 e. The fourth-order valence-corrected chi connectivity index (χ4v) is 3.12. The summed E-state index contributed by atoms with van der Waals surface area (Å²) in [6.07, 6.45) is 0. The molecule has 0 heterocycles. The monoisotopic (exact) mass is 237 g/mol. The maximum absolute atomic E-state index is 11.6. The number of sulfonamides is 1. The highest BCUT2D eigenvalue weighted by molar-refractivity contribution is 7.89. The van der Waals surface area contributed by atoms with Crippen molar-refractivity contribution in [3.63, 3.8) is 0 Å². The van der Waals surface area contributed by atoms with E-state index in [-0.39, 0.29) is 5.75 Å². The Hall–Kier alpha value is -0.620. The summed E-state index contributed by atoms with van der Waals surface area (Å²) < 4.78 is 25.3. The first-order valence-corrected chi connectivity index (χ1v) is 6.26. The minimum absolute atomic E-state index is 0.100. The molecule has 0 aliphatic heterocycles. The van der Waals surface area contributed by atoms with Crippen LogP contribution in [0.25, 0.3) is 0 Å². The molecule has 0 spiro atoms. The van der Waals surface area contributed by atoms with Gasteiger partial charge in [0.25, 0.3) is 0 Å². The van der Waals surface area contributed by atoms with E-state index in [9.17, 15) is 13.2 Å². The van der Waals surface area contributed by atoms with Crippen LogP contribution in [0.3, 0.4) is 0 Å². The van der Waals surface area contributed by atoms with Gasteiger partial charge in [-0.3, -0.25) is 4.79 Å². The topological polar surface area (TPSA) is 83.5 Å². The lowest BCUT2D eigenvalue weighted by atomic mass is 10.0. The molecule has 0 saturated carbocycles. The molecule has 0 rings (SSSR count). The zero-order chi connectivity index (χ0) is 12.5. The lowest BCUT2D eigenvalue weighted by Gasteiger charge is -2.24. The summed E-state index contributed by atoms with van der Waals surface area (Å²) in [7, 11) is -3.57. The van der Waals surface area contributed by atoms with Gasteiger partial charge in [0, 0.05) is 0 Å². The maximum Gasteiger partial charge on any atom is 0.324 e. The lowest BCUT2D eigenvalue weighted by molar-refractivity contribution is -0.142. The number of carboxylic acids is 1. The zero-order valence-electron chi connectivity index (χ0n) is 9.79. The molecule has 0 aromatic carbocycles. The summed E-state index contributed by atoms with van der Waals surface area (Å²) in [4.78, 5) is 10.7. The molecule has 15 heavy (non-hydrogen) atoms. The van der Waals surface area contributed by atoms with Gasteiger partial charge >= 0.3 is 5.97 Å². The molecule has 0 aliphatic rings. The third-order valence-corrected chi connectivity index (χ3v) is 3.64. The van der Waals surface area contributed by atoms with Gasteiger partial charge in [-0.1, -0.05) is 20.8 Å². The quantitative estimate of drug-likeness (QED) is 0.758. The van der Waals surface area contributed by atoms with Crippen molar-refractivity contribution in [1.29, 1.82) is 0 Å². The number of hydrogen-bond acceptors (Lipinski definition) is 3. The predicted molar refractivity (Wildman–Crippen MR) is 58.1 cm³/mol. The molecule has 0 aromatic rings. The van der Waals surface area contributed by atoms with Crippen molar-refractivity contribution in [2.24, 2.45) is 5.41 Å². The van der Waals surface area contributed by atoms with Crippen LogP contribution in [0, 0.1) is 5.41 Å². The van der Waals surface area contributed by atoms with Gasteiger partial charge in [-0.25, -0.2) is 8.42 Å². The van der Waals surface area contributed by atoms with Crippen LogP contribution in [0.5, 0.6) is 0 Å². The standard InChI is InChI=1S/C9H19NO4S/c1-8(2,3)6-15(13,14)10-9(4,5)7(11)12/h10H,6H2,1-5H3,(H,11,12). The average Bonchev–Trinajstić information content (AvgIpc) is 1.75. The molecule has 2 N–H and O–H groups in total. The highest BCUT2D eigenvalue weighted by atomic mass is 32.2. The first-order chi connectivity index (χ1) is 6.36. The molecule has 0 aliphatic carbocycles. The normalized spacial score (nSPS) is 13.9. The average molecular weight is 237 g/mol. The third-order valence-electron chi connectivity index (χ3n) is 1.57. The Balaban J connectivity index is 4.75. The van der Waals surface area contributed by atoms with Crippen LogP contribution in [0.2, 0.25) is 0 Å². The maximum atomic E-state index is 11.6. The molecule has 6 heteroatoms. The Bertz CT molecular complexity index is 338. The number of aliphatic carboxylic acids is 1. The van der Waals surface area contributed by atoms with Gasteiger partial charge in [-0.05, 0) is 19.3 Å². The Labute approximate surface area is 90.9 Å². The van der Waals surface area contributed by atoms with Crippen LogP contribution in [0.4, 0.5) is 0 Å². The van der Waals surface area contributed by atoms with Crippen LogP contribution in [0.1, 0.15) is 34.6 Å². The van der Waals surface area contributed by atoms with Crippen LogP contribution in [-0.2, 0) is 14.8 Å². The van der Waals surface area contributed by atoms with Crippen LogP contribution in [0.15, 0.2) is 0 Å². The fraction of sp³-hybridized carbons (Fsp3) is 0.889. The second kappa shape index (κ2) is 4.09. The van der Waals surface area contributed by atoms with Crippen LogP contribution in [-0.4, -0.2) is 30.8 Å². The van der Waals surface area contributed by atoms with Crippen molar-refractivity contribution in [2.75, 3.05) is 5.75 Å². The van der Waals surface area contributed by atoms with E-state index < -0.39 is 26.9 Å². The SMILES string of the molecule is CC(C)(C)CS(=O)(=O)NC(C)(C)C(=O)O. The molecule has 0 unspecified atom stereocenters. The second-order valence-corrected chi connectivity index (χ2v) is 7.07. The molecule has 5 nitrogen and oxygen atoms in total. The number of hydrogen-bond donors (Lipinski definition) is 2. The summed E-state index contributed by atoms with van der Waals surface area (Å²) >= 11 is 0. The van der Waals surface area contributed by atoms with E-state index in [1.165, 1.54) is 13.8 Å². The van der Waals surface area contributed by atoms with Gasteiger partial charge in [-0.15, -0.1) is 0 Å². The molecule has 0 fully saturated rings. The zero-order valence-corrected chi connectivity index (χ0v) is 10.6. The van der Waals surface area contributed by atoms with E-state index in [0.29, 0.717) is 0 Å². The van der Waals surface area contributed by atoms with Crippen molar-refractivity contribution in [3.8, 4) is 0 Å². The van der Waals surface area contributed by atoms with Crippen molar-refractivity contribution >= 4 is 16.0 Å². The summed E-state index contributed by atoms with van der Waals surface area (Å²) in [5.74, 6) is -1.29. The van der Waals surface area contributed by atoms with Crippen LogP contribution >= 0.6 is 0 Å². The third kappa shape index (κ3) is 5.74. The number of carbonyl (C=O) groups is 1. The largest absolute Gasteiger partial charge is 0.480 e. The van der Waals surface area contributed by atoms with E-state index in [1.807, 2.05) is 0 Å². The lowest BCUT2D eigenvalue weighted by Crippen LogP contribution is -2.51. The summed E-state index contributed by atoms with van der Waals surface area (Å²) in [5.41, 5.74) is -1.87. The molecular weight excluding hydrogens is 218 g/mol. The van der Waals surface area contributed by atoms with Gasteiger partial charge in [0.1, 0.15) is 5.54 Å². The summed E-state index contributed by atoms with van der Waals surface area (Å²) in [5, 5.41) is 8.78. The summed E-state index contributed by atoms with van der Waals surface area (Å²) in [6, 6.07) is 0. The van der Waals surface area contributed by atoms with E-state index in [1.54, 1.807) is 20.8 Å². The van der Waals surface area contributed by atoms with Gasteiger partial charge < -0.3 is 5.11 Å². The molecule has 0 radical (unpaired) electrons. The number of rotatable bonds is 4. The van der Waals surface area contributed by atoms with E-state index in [2.05, 4.69) is 4.72 Å². The highest BCUT2D eigenvalue weighted by Crippen LogP contribution is 2.17. The Morgan fingerprint density at radius 2 is 1.60 bits per heavy atom. The Morgan fingerprint density at radius 1 is 1.20 bits per heavy atom. The first-order valence-electron chi connectivity index (χ1n) is 4.61. The molecule has 90 valence electrons. The molecule has 0 saturated heterocycles. The highest BCUT2D eigenvalue weighted by Gasteiger charge is 2.33. The van der Waals surface area contributed by atoms with Crippen molar-refractivity contribution < 1.29 is 18.3 Å². The molecule has 0 aromatic heterocycles. The summed E-state index contributed by atoms with van der Waals surface area (Å²) in [6.45, 7) is 7.96. The number of carboxylic acid groups (broad SMARTS) is 1. The van der Waals surface area contributed by atoms with Gasteiger partial charge in [0.05, 0.1) is 5.75 Å². The molecular formula is C9H19NO4S. The van der Waals surface area contributed by atoms with E-state index >= 15 is 0 Å². The first kappa shape index (κ1) is 14.4. The minimum atomic E-state index is -3.57. The Morgan fingerprint density at radius 3 is 1.87 bits per heavy atom. The van der Waals surface area contributed by atoms with Crippen molar-refractivity contribution in [3.05, 3.63) is 0 Å². The van der Waals surface area contributed by atoms with Gasteiger partial charge in [0.2, 0.25) is 10.0 Å². The smallest absolute Gasteiger partial charge is 0.324 e.